The number of hydrogen-bond acceptors (Lipinski definition) is 3. The van der Waals surface area contributed by atoms with Crippen LogP contribution in [0.25, 0.3) is 5.65 Å². The van der Waals surface area contributed by atoms with Gasteiger partial charge in [-0.25, -0.2) is 9.50 Å². The second kappa shape index (κ2) is 3.90. The highest BCUT2D eigenvalue weighted by atomic mass is 15.2. The molecule has 2 N–H and O–H groups in total. The van der Waals surface area contributed by atoms with E-state index in [2.05, 4.69) is 21.9 Å². The van der Waals surface area contributed by atoms with E-state index < -0.39 is 0 Å². The number of aromatic nitrogens is 3. The van der Waals surface area contributed by atoms with E-state index in [0.29, 0.717) is 13.0 Å². The van der Waals surface area contributed by atoms with Crippen molar-refractivity contribution in [3.63, 3.8) is 0 Å². The van der Waals surface area contributed by atoms with Crippen LogP contribution in [0.5, 0.6) is 0 Å². The van der Waals surface area contributed by atoms with Crippen molar-refractivity contribution in [3.8, 4) is 11.8 Å². The van der Waals surface area contributed by atoms with Crippen molar-refractivity contribution in [2.75, 3.05) is 6.54 Å². The Labute approximate surface area is 81.8 Å². The van der Waals surface area contributed by atoms with Gasteiger partial charge in [0.05, 0.1) is 6.20 Å². The second-order valence-electron chi connectivity index (χ2n) is 2.78. The number of fused-ring (bicyclic) bond motifs is 1. The molecular weight excluding hydrogens is 176 g/mol. The fourth-order valence-corrected chi connectivity index (χ4v) is 1.14. The van der Waals surface area contributed by atoms with Crippen molar-refractivity contribution in [3.05, 3.63) is 30.2 Å². The first-order valence-corrected chi connectivity index (χ1v) is 4.39. The lowest BCUT2D eigenvalue weighted by molar-refractivity contribution is 0.922. The van der Waals surface area contributed by atoms with Gasteiger partial charge < -0.3 is 5.73 Å². The maximum absolute atomic E-state index is 5.34. The number of nitrogens with two attached hydrogens (primary N) is 1. The van der Waals surface area contributed by atoms with Gasteiger partial charge in [0.2, 0.25) is 0 Å². The van der Waals surface area contributed by atoms with E-state index in [0.717, 1.165) is 11.3 Å². The molecule has 4 heteroatoms. The molecule has 0 saturated heterocycles. The number of nitrogens with zero attached hydrogens (tertiary/aromatic N) is 3. The summed E-state index contributed by atoms with van der Waals surface area (Å²) >= 11 is 0. The topological polar surface area (TPSA) is 56.2 Å². The van der Waals surface area contributed by atoms with E-state index in [9.17, 15) is 0 Å². The highest BCUT2D eigenvalue weighted by Crippen LogP contribution is 2.01. The van der Waals surface area contributed by atoms with Crippen LogP contribution in [0.2, 0.25) is 0 Å². The van der Waals surface area contributed by atoms with E-state index in [4.69, 9.17) is 5.73 Å². The van der Waals surface area contributed by atoms with Crippen molar-refractivity contribution in [1.29, 1.82) is 0 Å². The van der Waals surface area contributed by atoms with Gasteiger partial charge in [-0.05, 0) is 18.1 Å². The molecule has 0 spiro atoms. The Morgan fingerprint density at radius 2 is 2.43 bits per heavy atom. The van der Waals surface area contributed by atoms with Gasteiger partial charge in [-0.1, -0.05) is 5.92 Å². The Kier molecular flexibility index (Phi) is 2.43. The monoisotopic (exact) mass is 186 g/mol. The minimum atomic E-state index is 0.581. The molecule has 2 aromatic rings. The molecule has 4 nitrogen and oxygen atoms in total. The van der Waals surface area contributed by atoms with Gasteiger partial charge in [-0.3, -0.25) is 0 Å². The largest absolute Gasteiger partial charge is 0.330 e. The van der Waals surface area contributed by atoms with E-state index in [1.54, 1.807) is 16.9 Å². The van der Waals surface area contributed by atoms with Crippen LogP contribution in [-0.4, -0.2) is 21.1 Å². The first-order chi connectivity index (χ1) is 6.92. The average molecular weight is 186 g/mol. The molecule has 0 amide bonds. The van der Waals surface area contributed by atoms with Crippen molar-refractivity contribution in [2.45, 2.75) is 6.42 Å². The van der Waals surface area contributed by atoms with Crippen LogP contribution in [0.4, 0.5) is 0 Å². The standard InChI is InChI=1S/C10H10N4/c11-6-2-1-4-9-8-12-10-5-3-7-13-14(9)10/h3,5,7-8H,2,6,11H2. The van der Waals surface area contributed by atoms with Crippen LogP contribution in [0, 0.1) is 11.8 Å². The molecule has 14 heavy (non-hydrogen) atoms. The molecule has 0 unspecified atom stereocenters. The van der Waals surface area contributed by atoms with Crippen LogP contribution in [0.1, 0.15) is 12.1 Å². The summed E-state index contributed by atoms with van der Waals surface area (Å²) in [7, 11) is 0. The SMILES string of the molecule is NCCC#Cc1cnc2cccnn12. The normalized spacial score (nSPS) is 9.79. The Morgan fingerprint density at radius 3 is 3.29 bits per heavy atom. The molecule has 0 atom stereocenters. The summed E-state index contributed by atoms with van der Waals surface area (Å²) in [6.07, 6.45) is 4.12. The number of imidazole rings is 1. The molecule has 2 heterocycles. The maximum atomic E-state index is 5.34. The minimum Gasteiger partial charge on any atom is -0.330 e. The average Bonchev–Trinajstić information content (AvgIpc) is 2.63. The van der Waals surface area contributed by atoms with Gasteiger partial charge in [0, 0.05) is 19.2 Å². The molecule has 0 aromatic carbocycles. The van der Waals surface area contributed by atoms with Crippen LogP contribution < -0.4 is 5.73 Å². The molecule has 2 aromatic heterocycles. The Bertz CT molecular complexity index is 489. The molecular formula is C10H10N4. The van der Waals surface area contributed by atoms with E-state index in [1.807, 2.05) is 12.1 Å². The van der Waals surface area contributed by atoms with Crippen LogP contribution in [0.15, 0.2) is 24.5 Å². The molecule has 0 fully saturated rings. The third kappa shape index (κ3) is 1.58. The van der Waals surface area contributed by atoms with Crippen molar-refractivity contribution >= 4 is 5.65 Å². The first-order valence-electron chi connectivity index (χ1n) is 4.39. The maximum Gasteiger partial charge on any atom is 0.154 e. The van der Waals surface area contributed by atoms with Crippen LogP contribution >= 0.6 is 0 Å². The molecule has 2 rings (SSSR count). The molecule has 0 saturated carbocycles. The van der Waals surface area contributed by atoms with Crippen LogP contribution in [0.3, 0.4) is 0 Å². The molecule has 0 radical (unpaired) electrons. The molecule has 0 aliphatic rings. The highest BCUT2D eigenvalue weighted by molar-refractivity contribution is 5.42. The quantitative estimate of drug-likeness (QED) is 0.657. The van der Waals surface area contributed by atoms with Crippen molar-refractivity contribution < 1.29 is 0 Å². The lowest BCUT2D eigenvalue weighted by atomic mass is 10.4. The van der Waals surface area contributed by atoms with Gasteiger partial charge >= 0.3 is 0 Å². The van der Waals surface area contributed by atoms with Gasteiger partial charge in [0.15, 0.2) is 5.65 Å². The number of rotatable bonds is 1. The van der Waals surface area contributed by atoms with E-state index in [-0.39, 0.29) is 0 Å². The second-order valence-corrected chi connectivity index (χ2v) is 2.78. The fraction of sp³-hybridized carbons (Fsp3) is 0.200. The van der Waals surface area contributed by atoms with Crippen molar-refractivity contribution in [2.24, 2.45) is 5.73 Å². The van der Waals surface area contributed by atoms with Gasteiger partial charge in [0.1, 0.15) is 5.69 Å². The van der Waals surface area contributed by atoms with E-state index >= 15 is 0 Å². The Morgan fingerprint density at radius 1 is 1.50 bits per heavy atom. The summed E-state index contributed by atoms with van der Waals surface area (Å²) in [4.78, 5) is 4.16. The predicted octanol–water partition coefficient (Wildman–Crippen LogP) is 0.430. The summed E-state index contributed by atoms with van der Waals surface area (Å²) < 4.78 is 1.71. The van der Waals surface area contributed by atoms with Crippen LogP contribution in [-0.2, 0) is 0 Å². The third-order valence-corrected chi connectivity index (χ3v) is 1.76. The highest BCUT2D eigenvalue weighted by Gasteiger charge is 1.98. The predicted molar refractivity (Wildman–Crippen MR) is 53.5 cm³/mol. The zero-order valence-electron chi connectivity index (χ0n) is 7.64. The van der Waals surface area contributed by atoms with E-state index in [1.165, 1.54) is 0 Å². The van der Waals surface area contributed by atoms with Gasteiger partial charge in [0.25, 0.3) is 0 Å². The number of hydrogen-bond donors (Lipinski definition) is 1. The molecule has 0 bridgehead atoms. The smallest absolute Gasteiger partial charge is 0.154 e. The summed E-state index contributed by atoms with van der Waals surface area (Å²) in [6.45, 7) is 0.581. The van der Waals surface area contributed by atoms with Crippen molar-refractivity contribution in [1.82, 2.24) is 14.6 Å². The minimum absolute atomic E-state index is 0.581. The first kappa shape index (κ1) is 8.73. The van der Waals surface area contributed by atoms with Gasteiger partial charge in [-0.15, -0.1) is 0 Å². The summed E-state index contributed by atoms with van der Waals surface area (Å²) in [5.41, 5.74) is 6.95. The lowest BCUT2D eigenvalue weighted by Gasteiger charge is -1.90. The summed E-state index contributed by atoms with van der Waals surface area (Å²) in [5.74, 6) is 5.93. The zero-order chi connectivity index (χ0) is 9.80. The lowest BCUT2D eigenvalue weighted by Crippen LogP contribution is -1.96. The molecule has 0 aliphatic carbocycles. The third-order valence-electron chi connectivity index (χ3n) is 1.76. The molecule has 70 valence electrons. The molecule has 0 aliphatic heterocycles. The summed E-state index contributed by atoms with van der Waals surface area (Å²) in [6, 6.07) is 3.74. The zero-order valence-corrected chi connectivity index (χ0v) is 7.64. The Balaban J connectivity index is 2.40. The van der Waals surface area contributed by atoms with Gasteiger partial charge in [-0.2, -0.15) is 5.10 Å². The Hall–Kier alpha value is -1.86. The fourth-order valence-electron chi connectivity index (χ4n) is 1.14. The summed E-state index contributed by atoms with van der Waals surface area (Å²) in [5, 5.41) is 4.14.